The summed E-state index contributed by atoms with van der Waals surface area (Å²) in [6.45, 7) is 2.41. The smallest absolute Gasteiger partial charge is 0.153 e. The lowest BCUT2D eigenvalue weighted by Gasteiger charge is -1.88. The van der Waals surface area contributed by atoms with Gasteiger partial charge in [-0.3, -0.25) is 0 Å². The minimum Gasteiger partial charge on any atom is -0.460 e. The van der Waals surface area contributed by atoms with Crippen molar-refractivity contribution in [1.29, 1.82) is 0 Å². The van der Waals surface area contributed by atoms with Gasteiger partial charge in [0.25, 0.3) is 0 Å². The average molecular weight is 194 g/mol. The van der Waals surface area contributed by atoms with Crippen molar-refractivity contribution in [3.8, 4) is 11.5 Å². The average Bonchev–Trinajstić information content (AvgIpc) is 2.71. The van der Waals surface area contributed by atoms with Crippen LogP contribution in [0, 0.1) is 6.92 Å². The number of aryl methyl sites for hydroxylation is 1. The summed E-state index contributed by atoms with van der Waals surface area (Å²) in [5.74, 6) is 1.71. The quantitative estimate of drug-likeness (QED) is 0.797. The molecule has 0 saturated heterocycles. The molecular formula is C9H10N2OS. The molecule has 0 aliphatic heterocycles. The van der Waals surface area contributed by atoms with Gasteiger partial charge < -0.3 is 10.2 Å². The molecule has 0 amide bonds. The predicted molar refractivity (Wildman–Crippen MR) is 52.4 cm³/mol. The fourth-order valence-corrected chi connectivity index (χ4v) is 1.75. The van der Waals surface area contributed by atoms with Gasteiger partial charge in [0.1, 0.15) is 16.5 Å². The van der Waals surface area contributed by atoms with E-state index < -0.39 is 0 Å². The Balaban J connectivity index is 2.35. The van der Waals surface area contributed by atoms with E-state index in [1.54, 1.807) is 11.3 Å². The van der Waals surface area contributed by atoms with E-state index in [9.17, 15) is 0 Å². The van der Waals surface area contributed by atoms with Gasteiger partial charge in [0.05, 0.1) is 0 Å². The van der Waals surface area contributed by atoms with Crippen LogP contribution in [-0.4, -0.2) is 4.98 Å². The van der Waals surface area contributed by atoms with Crippen LogP contribution in [0.2, 0.25) is 0 Å². The van der Waals surface area contributed by atoms with E-state index in [2.05, 4.69) is 4.98 Å². The zero-order valence-corrected chi connectivity index (χ0v) is 8.10. The van der Waals surface area contributed by atoms with E-state index in [4.69, 9.17) is 10.2 Å². The highest BCUT2D eigenvalue weighted by molar-refractivity contribution is 7.09. The fourth-order valence-electron chi connectivity index (χ4n) is 1.09. The largest absolute Gasteiger partial charge is 0.460 e. The summed E-state index contributed by atoms with van der Waals surface area (Å²) in [4.78, 5) is 4.31. The first-order chi connectivity index (χ1) is 6.29. The number of aromatic nitrogens is 1. The highest BCUT2D eigenvalue weighted by Gasteiger charge is 2.06. The van der Waals surface area contributed by atoms with Crippen LogP contribution in [0.1, 0.15) is 10.8 Å². The lowest BCUT2D eigenvalue weighted by atomic mass is 10.3. The van der Waals surface area contributed by atoms with Crippen molar-refractivity contribution in [2.45, 2.75) is 13.5 Å². The van der Waals surface area contributed by atoms with Crippen molar-refractivity contribution < 1.29 is 4.42 Å². The SMILES string of the molecule is Cc1ccc(-c2csc(CN)n2)o1. The summed E-state index contributed by atoms with van der Waals surface area (Å²) in [6, 6.07) is 3.85. The van der Waals surface area contributed by atoms with Gasteiger partial charge in [-0.25, -0.2) is 4.98 Å². The topological polar surface area (TPSA) is 52.0 Å². The number of nitrogens with two attached hydrogens (primary N) is 1. The molecule has 0 atom stereocenters. The number of hydrogen-bond donors (Lipinski definition) is 1. The Labute approximate surface area is 80.2 Å². The molecule has 2 rings (SSSR count). The molecule has 0 bridgehead atoms. The minimum atomic E-state index is 0.490. The van der Waals surface area contributed by atoms with Crippen molar-refractivity contribution in [1.82, 2.24) is 4.98 Å². The first-order valence-corrected chi connectivity index (χ1v) is 4.89. The predicted octanol–water partition coefficient (Wildman–Crippen LogP) is 2.17. The summed E-state index contributed by atoms with van der Waals surface area (Å²) in [5.41, 5.74) is 6.34. The van der Waals surface area contributed by atoms with E-state index in [0.717, 1.165) is 22.2 Å². The number of nitrogens with zero attached hydrogens (tertiary/aromatic N) is 1. The number of furan rings is 1. The second-order valence-corrected chi connectivity index (χ2v) is 3.68. The van der Waals surface area contributed by atoms with Gasteiger partial charge in [-0.05, 0) is 19.1 Å². The maximum atomic E-state index is 5.46. The highest BCUT2D eigenvalue weighted by atomic mass is 32.1. The van der Waals surface area contributed by atoms with Crippen molar-refractivity contribution in [3.05, 3.63) is 28.3 Å². The van der Waals surface area contributed by atoms with E-state index in [1.807, 2.05) is 24.4 Å². The molecule has 0 saturated carbocycles. The van der Waals surface area contributed by atoms with Crippen molar-refractivity contribution >= 4 is 11.3 Å². The first kappa shape index (κ1) is 8.47. The van der Waals surface area contributed by atoms with Crippen LogP contribution in [0.3, 0.4) is 0 Å². The maximum absolute atomic E-state index is 5.46. The zero-order chi connectivity index (χ0) is 9.26. The van der Waals surface area contributed by atoms with Gasteiger partial charge in [0.15, 0.2) is 5.76 Å². The van der Waals surface area contributed by atoms with E-state index in [0.29, 0.717) is 6.54 Å². The van der Waals surface area contributed by atoms with Gasteiger partial charge in [-0.1, -0.05) is 0 Å². The number of thiazole rings is 1. The summed E-state index contributed by atoms with van der Waals surface area (Å²) in [5, 5.41) is 2.89. The van der Waals surface area contributed by atoms with Gasteiger partial charge in [0, 0.05) is 11.9 Å². The summed E-state index contributed by atoms with van der Waals surface area (Å²) in [6.07, 6.45) is 0. The van der Waals surface area contributed by atoms with Crippen molar-refractivity contribution in [3.63, 3.8) is 0 Å². The second kappa shape index (κ2) is 3.32. The second-order valence-electron chi connectivity index (χ2n) is 2.74. The normalized spacial score (nSPS) is 10.6. The van der Waals surface area contributed by atoms with Crippen LogP contribution in [-0.2, 0) is 6.54 Å². The van der Waals surface area contributed by atoms with Crippen LogP contribution in [0.5, 0.6) is 0 Å². The van der Waals surface area contributed by atoms with Gasteiger partial charge in [0.2, 0.25) is 0 Å². The van der Waals surface area contributed by atoms with E-state index in [1.165, 1.54) is 0 Å². The molecule has 0 spiro atoms. The molecule has 0 unspecified atom stereocenters. The molecule has 2 heterocycles. The van der Waals surface area contributed by atoms with Crippen LogP contribution >= 0.6 is 11.3 Å². The summed E-state index contributed by atoms with van der Waals surface area (Å²) in [7, 11) is 0. The third-order valence-electron chi connectivity index (χ3n) is 1.72. The van der Waals surface area contributed by atoms with Crippen LogP contribution in [0.25, 0.3) is 11.5 Å². The monoisotopic (exact) mass is 194 g/mol. The number of hydrogen-bond acceptors (Lipinski definition) is 4. The zero-order valence-electron chi connectivity index (χ0n) is 7.28. The molecule has 0 aliphatic rings. The Morgan fingerprint density at radius 3 is 2.92 bits per heavy atom. The lowest BCUT2D eigenvalue weighted by molar-refractivity contribution is 0.546. The summed E-state index contributed by atoms with van der Waals surface area (Å²) < 4.78 is 5.43. The Bertz CT molecular complexity index is 405. The van der Waals surface area contributed by atoms with E-state index >= 15 is 0 Å². The fraction of sp³-hybridized carbons (Fsp3) is 0.222. The molecule has 2 aromatic heterocycles. The van der Waals surface area contributed by atoms with Crippen LogP contribution in [0.15, 0.2) is 21.9 Å². The molecule has 0 aliphatic carbocycles. The van der Waals surface area contributed by atoms with Gasteiger partial charge in [-0.15, -0.1) is 11.3 Å². The molecule has 0 aromatic carbocycles. The third-order valence-corrected chi connectivity index (χ3v) is 2.59. The van der Waals surface area contributed by atoms with Crippen molar-refractivity contribution in [2.75, 3.05) is 0 Å². The standard InChI is InChI=1S/C9H10N2OS/c1-6-2-3-8(12-6)7-5-13-9(4-10)11-7/h2-3,5H,4,10H2,1H3. The summed E-state index contributed by atoms with van der Waals surface area (Å²) >= 11 is 1.56. The third kappa shape index (κ3) is 1.64. The Kier molecular flexibility index (Phi) is 2.16. The maximum Gasteiger partial charge on any atom is 0.153 e. The van der Waals surface area contributed by atoms with Gasteiger partial charge in [-0.2, -0.15) is 0 Å². The van der Waals surface area contributed by atoms with Crippen molar-refractivity contribution in [2.24, 2.45) is 5.73 Å². The van der Waals surface area contributed by atoms with E-state index in [-0.39, 0.29) is 0 Å². The van der Waals surface area contributed by atoms with Gasteiger partial charge >= 0.3 is 0 Å². The molecule has 0 radical (unpaired) electrons. The lowest BCUT2D eigenvalue weighted by Crippen LogP contribution is -1.94. The molecule has 2 aromatic rings. The number of rotatable bonds is 2. The highest BCUT2D eigenvalue weighted by Crippen LogP contribution is 2.23. The molecule has 0 fully saturated rings. The first-order valence-electron chi connectivity index (χ1n) is 4.01. The molecule has 13 heavy (non-hydrogen) atoms. The molecule has 68 valence electrons. The Morgan fingerprint density at radius 2 is 2.38 bits per heavy atom. The molecular weight excluding hydrogens is 184 g/mol. The molecule has 2 N–H and O–H groups in total. The Morgan fingerprint density at radius 1 is 1.54 bits per heavy atom. The minimum absolute atomic E-state index is 0.490. The molecule has 3 nitrogen and oxygen atoms in total. The van der Waals surface area contributed by atoms with Crippen LogP contribution < -0.4 is 5.73 Å². The van der Waals surface area contributed by atoms with Crippen LogP contribution in [0.4, 0.5) is 0 Å². The Hall–Kier alpha value is -1.13. The molecule has 4 heteroatoms.